The SMILES string of the molecule is O=C(CCN1C(=O)[C@@H]2[C@@H](C1=O)[C@H]1C=C[C@H]2C1)Nc1ccc(OCc2ccccc2)cc1. The minimum atomic E-state index is -0.225. The highest BCUT2D eigenvalue weighted by Crippen LogP contribution is 2.52. The Morgan fingerprint density at radius 3 is 2.23 bits per heavy atom. The number of allylic oxidation sites excluding steroid dienone is 2. The number of ether oxygens (including phenoxy) is 1. The smallest absolute Gasteiger partial charge is 0.233 e. The topological polar surface area (TPSA) is 75.7 Å². The Morgan fingerprint density at radius 1 is 0.935 bits per heavy atom. The lowest BCUT2D eigenvalue weighted by atomic mass is 9.85. The number of fused-ring (bicyclic) bond motifs is 5. The number of likely N-dealkylation sites (tertiary alicyclic amines) is 1. The number of rotatable bonds is 7. The van der Waals surface area contributed by atoms with Crippen molar-refractivity contribution < 1.29 is 19.1 Å². The number of benzene rings is 2. The van der Waals surface area contributed by atoms with E-state index in [1.165, 1.54) is 4.90 Å². The van der Waals surface area contributed by atoms with Gasteiger partial charge in [0.05, 0.1) is 11.8 Å². The third kappa shape index (κ3) is 3.74. The standard InChI is InChI=1S/C25H24N2O4/c28-21(12-13-27-24(29)22-17-6-7-18(14-17)23(22)25(27)30)26-19-8-10-20(11-9-19)31-15-16-4-2-1-3-5-16/h1-11,17-18,22-23H,12-15H2,(H,26,28)/t17-,18-,22-,23-/m0/s1. The van der Waals surface area contributed by atoms with E-state index in [-0.39, 0.29) is 54.4 Å². The first-order valence-electron chi connectivity index (χ1n) is 10.7. The first kappa shape index (κ1) is 19.5. The summed E-state index contributed by atoms with van der Waals surface area (Å²) in [6.45, 7) is 0.609. The highest BCUT2D eigenvalue weighted by atomic mass is 16.5. The van der Waals surface area contributed by atoms with Crippen molar-refractivity contribution >= 4 is 23.4 Å². The molecule has 0 unspecified atom stereocenters. The molecule has 1 saturated heterocycles. The van der Waals surface area contributed by atoms with Crippen LogP contribution < -0.4 is 10.1 Å². The van der Waals surface area contributed by atoms with E-state index in [2.05, 4.69) is 17.5 Å². The van der Waals surface area contributed by atoms with Gasteiger partial charge < -0.3 is 10.1 Å². The van der Waals surface area contributed by atoms with Crippen LogP contribution in [0, 0.1) is 23.7 Å². The van der Waals surface area contributed by atoms with Crippen LogP contribution in [0.2, 0.25) is 0 Å². The summed E-state index contributed by atoms with van der Waals surface area (Å²) < 4.78 is 5.75. The van der Waals surface area contributed by atoms with Crippen LogP contribution in [-0.4, -0.2) is 29.2 Å². The van der Waals surface area contributed by atoms with Crippen molar-refractivity contribution in [2.24, 2.45) is 23.7 Å². The molecule has 0 spiro atoms. The lowest BCUT2D eigenvalue weighted by Gasteiger charge is -2.17. The van der Waals surface area contributed by atoms with Crippen molar-refractivity contribution in [3.63, 3.8) is 0 Å². The number of carbonyl (C=O) groups is 3. The van der Waals surface area contributed by atoms with Crippen molar-refractivity contribution in [1.29, 1.82) is 0 Å². The molecule has 6 heteroatoms. The zero-order valence-corrected chi connectivity index (χ0v) is 17.1. The number of carbonyl (C=O) groups excluding carboxylic acids is 3. The quantitative estimate of drug-likeness (QED) is 0.555. The molecule has 2 aliphatic carbocycles. The van der Waals surface area contributed by atoms with Gasteiger partial charge in [0.15, 0.2) is 0 Å². The van der Waals surface area contributed by atoms with Gasteiger partial charge in [0.25, 0.3) is 0 Å². The minimum absolute atomic E-state index is 0.0892. The summed E-state index contributed by atoms with van der Waals surface area (Å²) in [4.78, 5) is 39.0. The maximum atomic E-state index is 12.7. The molecule has 5 rings (SSSR count). The van der Waals surface area contributed by atoms with E-state index in [4.69, 9.17) is 4.74 Å². The highest BCUT2D eigenvalue weighted by Gasteiger charge is 2.58. The lowest BCUT2D eigenvalue weighted by Crippen LogP contribution is -2.35. The second-order valence-corrected chi connectivity index (χ2v) is 8.42. The Morgan fingerprint density at radius 2 is 1.58 bits per heavy atom. The van der Waals surface area contributed by atoms with E-state index in [9.17, 15) is 14.4 Å². The molecule has 2 bridgehead atoms. The largest absolute Gasteiger partial charge is 0.489 e. The number of anilines is 1. The molecule has 0 radical (unpaired) electrons. The molecule has 1 N–H and O–H groups in total. The van der Waals surface area contributed by atoms with E-state index in [1.807, 2.05) is 30.3 Å². The number of imide groups is 1. The lowest BCUT2D eigenvalue weighted by molar-refractivity contribution is -0.140. The Labute approximate surface area is 180 Å². The number of nitrogens with one attached hydrogen (secondary N) is 1. The summed E-state index contributed by atoms with van der Waals surface area (Å²) >= 11 is 0. The Hall–Kier alpha value is -3.41. The molecule has 1 aliphatic heterocycles. The van der Waals surface area contributed by atoms with Crippen LogP contribution in [0.5, 0.6) is 5.75 Å². The van der Waals surface area contributed by atoms with Gasteiger partial charge in [0.2, 0.25) is 17.7 Å². The van der Waals surface area contributed by atoms with E-state index in [1.54, 1.807) is 24.3 Å². The Bertz CT molecular complexity index is 1000. The predicted octanol–water partition coefficient (Wildman–Crippen LogP) is 3.40. The molecule has 3 amide bonds. The van der Waals surface area contributed by atoms with E-state index in [0.29, 0.717) is 18.0 Å². The molecule has 2 fully saturated rings. The van der Waals surface area contributed by atoms with Crippen LogP contribution in [0.15, 0.2) is 66.7 Å². The number of hydrogen-bond acceptors (Lipinski definition) is 4. The van der Waals surface area contributed by atoms with Crippen LogP contribution in [0.4, 0.5) is 5.69 Å². The molecule has 158 valence electrons. The van der Waals surface area contributed by atoms with Gasteiger partial charge in [0.1, 0.15) is 12.4 Å². The zero-order chi connectivity index (χ0) is 21.4. The summed E-state index contributed by atoms with van der Waals surface area (Å²) in [5, 5.41) is 2.82. The summed E-state index contributed by atoms with van der Waals surface area (Å²) in [5.74, 6) is 0.213. The average Bonchev–Trinajstić information content (AvgIpc) is 3.47. The van der Waals surface area contributed by atoms with E-state index in [0.717, 1.165) is 12.0 Å². The zero-order valence-electron chi connectivity index (χ0n) is 17.1. The molecular formula is C25H24N2O4. The fourth-order valence-corrected chi connectivity index (χ4v) is 5.00. The van der Waals surface area contributed by atoms with Crippen molar-refractivity contribution in [3.8, 4) is 5.75 Å². The first-order valence-corrected chi connectivity index (χ1v) is 10.7. The first-order chi connectivity index (χ1) is 15.1. The normalized spacial score (nSPS) is 25.7. The van der Waals surface area contributed by atoms with Gasteiger partial charge in [-0.2, -0.15) is 0 Å². The summed E-state index contributed by atoms with van der Waals surface area (Å²) in [6.07, 6.45) is 5.14. The molecule has 6 nitrogen and oxygen atoms in total. The molecule has 4 atom stereocenters. The fraction of sp³-hybridized carbons (Fsp3) is 0.320. The predicted molar refractivity (Wildman–Crippen MR) is 115 cm³/mol. The van der Waals surface area contributed by atoms with Crippen molar-refractivity contribution in [3.05, 3.63) is 72.3 Å². The fourth-order valence-electron chi connectivity index (χ4n) is 5.00. The highest BCUT2D eigenvalue weighted by molar-refractivity contribution is 6.06. The van der Waals surface area contributed by atoms with Gasteiger partial charge >= 0.3 is 0 Å². The van der Waals surface area contributed by atoms with E-state index < -0.39 is 0 Å². The number of nitrogens with zero attached hydrogens (tertiary/aromatic N) is 1. The van der Waals surface area contributed by atoms with Crippen LogP contribution in [0.25, 0.3) is 0 Å². The monoisotopic (exact) mass is 416 g/mol. The molecule has 0 aromatic heterocycles. The molecular weight excluding hydrogens is 392 g/mol. The van der Waals surface area contributed by atoms with Crippen molar-refractivity contribution in [2.75, 3.05) is 11.9 Å². The molecule has 2 aromatic carbocycles. The van der Waals surface area contributed by atoms with Crippen molar-refractivity contribution in [1.82, 2.24) is 4.90 Å². The average molecular weight is 416 g/mol. The van der Waals surface area contributed by atoms with Crippen LogP contribution >= 0.6 is 0 Å². The molecule has 31 heavy (non-hydrogen) atoms. The van der Waals surface area contributed by atoms with Crippen LogP contribution in [0.1, 0.15) is 18.4 Å². The maximum Gasteiger partial charge on any atom is 0.233 e. The third-order valence-corrected chi connectivity index (χ3v) is 6.51. The molecule has 2 aromatic rings. The third-order valence-electron chi connectivity index (χ3n) is 6.51. The summed E-state index contributed by atoms with van der Waals surface area (Å²) in [7, 11) is 0. The number of amides is 3. The Kier molecular flexibility index (Phi) is 5.06. The van der Waals surface area contributed by atoms with Gasteiger partial charge in [-0.3, -0.25) is 19.3 Å². The summed E-state index contributed by atoms with van der Waals surface area (Å²) in [5.41, 5.74) is 1.73. The van der Waals surface area contributed by atoms with Crippen LogP contribution in [0.3, 0.4) is 0 Å². The van der Waals surface area contributed by atoms with Gasteiger partial charge in [-0.1, -0.05) is 42.5 Å². The molecule has 1 heterocycles. The Balaban J connectivity index is 1.11. The second-order valence-electron chi connectivity index (χ2n) is 8.42. The number of hydrogen-bond donors (Lipinski definition) is 1. The molecule has 3 aliphatic rings. The maximum absolute atomic E-state index is 12.7. The summed E-state index contributed by atoms with van der Waals surface area (Å²) in [6, 6.07) is 17.0. The minimum Gasteiger partial charge on any atom is -0.489 e. The van der Waals surface area contributed by atoms with Crippen molar-refractivity contribution in [2.45, 2.75) is 19.4 Å². The van der Waals surface area contributed by atoms with Gasteiger partial charge in [-0.05, 0) is 48.1 Å². The van der Waals surface area contributed by atoms with E-state index >= 15 is 0 Å². The molecule has 1 saturated carbocycles. The van der Waals surface area contributed by atoms with Crippen LogP contribution in [-0.2, 0) is 21.0 Å². The van der Waals surface area contributed by atoms with Gasteiger partial charge in [-0.25, -0.2) is 0 Å². The van der Waals surface area contributed by atoms with Gasteiger partial charge in [-0.15, -0.1) is 0 Å². The second kappa shape index (κ2) is 8.02. The van der Waals surface area contributed by atoms with Gasteiger partial charge in [0, 0.05) is 18.7 Å².